The molecule has 1 aromatic rings. The molecule has 0 fully saturated rings. The van der Waals surface area contributed by atoms with Gasteiger partial charge in [0.2, 0.25) is 10.0 Å². The molecule has 0 saturated carbocycles. The summed E-state index contributed by atoms with van der Waals surface area (Å²) in [6.07, 6.45) is 0.423. The third-order valence-corrected chi connectivity index (χ3v) is 3.92. The Balaban J connectivity index is 2.92. The van der Waals surface area contributed by atoms with Gasteiger partial charge in [0.05, 0.1) is 4.92 Å². The van der Waals surface area contributed by atoms with Gasteiger partial charge in [-0.1, -0.05) is 12.1 Å². The monoisotopic (exact) mass is 287 g/mol. The number of rotatable bonds is 6. The van der Waals surface area contributed by atoms with Gasteiger partial charge in [-0.2, -0.15) is 0 Å². The predicted octanol–water partition coefficient (Wildman–Crippen LogP) is 1.00. The average molecular weight is 287 g/mol. The van der Waals surface area contributed by atoms with Crippen LogP contribution in [0.15, 0.2) is 29.2 Å². The number of nitrogens with zero attached hydrogens (tertiary/aromatic N) is 1. The zero-order valence-corrected chi connectivity index (χ0v) is 11.6. The van der Waals surface area contributed by atoms with E-state index >= 15 is 0 Å². The summed E-state index contributed by atoms with van der Waals surface area (Å²) in [4.78, 5) is 9.74. The Morgan fingerprint density at radius 3 is 2.47 bits per heavy atom. The molecule has 0 saturated heterocycles. The molecule has 0 radical (unpaired) electrons. The Morgan fingerprint density at radius 2 is 1.95 bits per heavy atom. The van der Waals surface area contributed by atoms with Crippen LogP contribution < -0.4 is 10.5 Å². The minimum Gasteiger partial charge on any atom is -0.326 e. The van der Waals surface area contributed by atoms with E-state index in [2.05, 4.69) is 4.72 Å². The van der Waals surface area contributed by atoms with Crippen LogP contribution in [0.3, 0.4) is 0 Å². The van der Waals surface area contributed by atoms with Crippen LogP contribution in [0.5, 0.6) is 0 Å². The number of nitrogens with two attached hydrogens (primary N) is 1. The van der Waals surface area contributed by atoms with E-state index < -0.39 is 26.2 Å². The Labute approximate surface area is 112 Å². The van der Waals surface area contributed by atoms with Crippen molar-refractivity contribution in [2.45, 2.75) is 30.7 Å². The molecular formula is C11H17N3O4S. The lowest BCUT2D eigenvalue weighted by atomic mass is 10.0. The van der Waals surface area contributed by atoms with E-state index in [-0.39, 0.29) is 11.4 Å². The maximum Gasteiger partial charge on any atom is 0.289 e. The van der Waals surface area contributed by atoms with Crippen LogP contribution in [0.25, 0.3) is 0 Å². The van der Waals surface area contributed by atoms with Gasteiger partial charge in [-0.05, 0) is 26.3 Å². The fourth-order valence-corrected chi connectivity index (χ4v) is 2.62. The van der Waals surface area contributed by atoms with E-state index in [0.29, 0.717) is 6.42 Å². The highest BCUT2D eigenvalue weighted by atomic mass is 32.2. The van der Waals surface area contributed by atoms with Gasteiger partial charge in [0.15, 0.2) is 4.90 Å². The van der Waals surface area contributed by atoms with E-state index in [1.165, 1.54) is 18.2 Å². The lowest BCUT2D eigenvalue weighted by molar-refractivity contribution is -0.387. The number of hydrogen-bond donors (Lipinski definition) is 2. The standard InChI is InChI=1S/C11H17N3O4S/c1-11(2,12)7-8-13-19(17,18)10-6-4-3-5-9(10)14(15)16/h3-6,13H,7-8,12H2,1-2H3. The fraction of sp³-hybridized carbons (Fsp3) is 0.455. The summed E-state index contributed by atoms with van der Waals surface area (Å²) in [7, 11) is -3.91. The van der Waals surface area contributed by atoms with Gasteiger partial charge in [-0.25, -0.2) is 13.1 Å². The molecule has 0 unspecified atom stereocenters. The highest BCUT2D eigenvalue weighted by molar-refractivity contribution is 7.89. The van der Waals surface area contributed by atoms with Gasteiger partial charge in [0.25, 0.3) is 5.69 Å². The van der Waals surface area contributed by atoms with Gasteiger partial charge in [-0.3, -0.25) is 10.1 Å². The molecule has 1 aromatic carbocycles. The van der Waals surface area contributed by atoms with Gasteiger partial charge < -0.3 is 5.73 Å². The van der Waals surface area contributed by atoms with E-state index in [1.807, 2.05) is 0 Å². The van der Waals surface area contributed by atoms with Gasteiger partial charge >= 0.3 is 0 Å². The number of nitro groups is 1. The van der Waals surface area contributed by atoms with Crippen LogP contribution in [-0.4, -0.2) is 25.4 Å². The van der Waals surface area contributed by atoms with Crippen molar-refractivity contribution in [3.8, 4) is 0 Å². The molecular weight excluding hydrogens is 270 g/mol. The van der Waals surface area contributed by atoms with E-state index in [1.54, 1.807) is 13.8 Å². The quantitative estimate of drug-likeness (QED) is 0.598. The average Bonchev–Trinajstić information content (AvgIpc) is 2.27. The first-order valence-electron chi connectivity index (χ1n) is 5.65. The summed E-state index contributed by atoms with van der Waals surface area (Å²) in [6.45, 7) is 3.66. The summed E-state index contributed by atoms with van der Waals surface area (Å²) < 4.78 is 26.3. The van der Waals surface area contributed by atoms with Crippen molar-refractivity contribution in [3.63, 3.8) is 0 Å². The molecule has 0 bridgehead atoms. The molecule has 0 aliphatic rings. The van der Waals surface area contributed by atoms with Gasteiger partial charge in [0.1, 0.15) is 0 Å². The van der Waals surface area contributed by atoms with Crippen molar-refractivity contribution in [2.75, 3.05) is 6.54 Å². The van der Waals surface area contributed by atoms with Crippen molar-refractivity contribution in [2.24, 2.45) is 5.73 Å². The molecule has 19 heavy (non-hydrogen) atoms. The van der Waals surface area contributed by atoms with Gasteiger partial charge in [-0.15, -0.1) is 0 Å². The maximum atomic E-state index is 12.0. The summed E-state index contributed by atoms with van der Waals surface area (Å²) in [5.74, 6) is 0. The second-order valence-electron chi connectivity index (χ2n) is 4.86. The number of para-hydroxylation sites is 1. The summed E-state index contributed by atoms with van der Waals surface area (Å²) in [5, 5.41) is 10.8. The lowest BCUT2D eigenvalue weighted by Gasteiger charge is -2.18. The van der Waals surface area contributed by atoms with Crippen LogP contribution in [-0.2, 0) is 10.0 Å². The minimum atomic E-state index is -3.91. The Bertz CT molecular complexity index is 564. The van der Waals surface area contributed by atoms with Crippen LogP contribution in [0.1, 0.15) is 20.3 Å². The molecule has 8 heteroatoms. The maximum absolute atomic E-state index is 12.0. The molecule has 3 N–H and O–H groups in total. The molecule has 0 atom stereocenters. The molecule has 0 aliphatic heterocycles. The zero-order chi connectivity index (χ0) is 14.7. The second-order valence-corrected chi connectivity index (χ2v) is 6.60. The minimum absolute atomic E-state index is 0.123. The Kier molecular flexibility index (Phi) is 4.61. The number of nitro benzene ring substituents is 1. The SMILES string of the molecule is CC(C)(N)CCNS(=O)(=O)c1ccccc1[N+](=O)[O-]. The van der Waals surface area contributed by atoms with Crippen LogP contribution in [0.4, 0.5) is 5.69 Å². The fourth-order valence-electron chi connectivity index (χ4n) is 1.42. The number of hydrogen-bond acceptors (Lipinski definition) is 5. The first-order chi connectivity index (χ1) is 8.63. The molecule has 0 amide bonds. The third kappa shape index (κ3) is 4.58. The molecule has 7 nitrogen and oxygen atoms in total. The highest BCUT2D eigenvalue weighted by Crippen LogP contribution is 2.22. The molecule has 0 aromatic heterocycles. The second kappa shape index (κ2) is 5.64. The third-order valence-electron chi connectivity index (χ3n) is 2.41. The molecule has 0 heterocycles. The number of benzene rings is 1. The first kappa shape index (κ1) is 15.5. The molecule has 1 rings (SSSR count). The van der Waals surface area contributed by atoms with E-state index in [4.69, 9.17) is 5.73 Å². The van der Waals surface area contributed by atoms with Crippen molar-refractivity contribution >= 4 is 15.7 Å². The van der Waals surface area contributed by atoms with Crippen LogP contribution in [0.2, 0.25) is 0 Å². The first-order valence-corrected chi connectivity index (χ1v) is 7.14. The molecule has 106 valence electrons. The topological polar surface area (TPSA) is 115 Å². The summed E-state index contributed by atoms with van der Waals surface area (Å²) >= 11 is 0. The number of sulfonamides is 1. The zero-order valence-electron chi connectivity index (χ0n) is 10.8. The van der Waals surface area contributed by atoms with Crippen molar-refractivity contribution in [1.82, 2.24) is 4.72 Å². The smallest absolute Gasteiger partial charge is 0.289 e. The molecule has 0 aliphatic carbocycles. The van der Waals surface area contributed by atoms with Crippen LogP contribution in [0, 0.1) is 10.1 Å². The predicted molar refractivity (Wildman–Crippen MR) is 71.2 cm³/mol. The molecule has 0 spiro atoms. The normalized spacial score (nSPS) is 12.4. The summed E-state index contributed by atoms with van der Waals surface area (Å²) in [5.41, 5.74) is 4.79. The Hall–Kier alpha value is -1.51. The van der Waals surface area contributed by atoms with Crippen molar-refractivity contribution in [1.29, 1.82) is 0 Å². The number of nitrogens with one attached hydrogen (secondary N) is 1. The van der Waals surface area contributed by atoms with Crippen LogP contribution >= 0.6 is 0 Å². The lowest BCUT2D eigenvalue weighted by Crippen LogP contribution is -2.37. The largest absolute Gasteiger partial charge is 0.326 e. The highest BCUT2D eigenvalue weighted by Gasteiger charge is 2.25. The summed E-state index contributed by atoms with van der Waals surface area (Å²) in [6, 6.07) is 5.21. The van der Waals surface area contributed by atoms with E-state index in [9.17, 15) is 18.5 Å². The van der Waals surface area contributed by atoms with E-state index in [0.717, 1.165) is 6.07 Å². The van der Waals surface area contributed by atoms with Gasteiger partial charge in [0, 0.05) is 18.2 Å². The Morgan fingerprint density at radius 1 is 1.37 bits per heavy atom. The van der Waals surface area contributed by atoms with Crippen molar-refractivity contribution in [3.05, 3.63) is 34.4 Å². The van der Waals surface area contributed by atoms with Crippen molar-refractivity contribution < 1.29 is 13.3 Å².